The van der Waals surface area contributed by atoms with Gasteiger partial charge in [0.05, 0.1) is 17.0 Å². The molecule has 2 aromatic carbocycles. The minimum atomic E-state index is -0.637. The van der Waals surface area contributed by atoms with Gasteiger partial charge in [-0.3, -0.25) is 19.0 Å². The number of hydrogen-bond donors (Lipinski definition) is 2. The number of aromatic amines is 1. The Balaban J connectivity index is 1.42. The van der Waals surface area contributed by atoms with E-state index in [0.29, 0.717) is 16.5 Å². The van der Waals surface area contributed by atoms with Gasteiger partial charge < -0.3 is 5.32 Å². The van der Waals surface area contributed by atoms with Crippen molar-refractivity contribution in [3.8, 4) is 5.69 Å². The fraction of sp³-hybridized carbons (Fsp3) is 0.0455. The lowest BCUT2D eigenvalue weighted by molar-refractivity contribution is -0.113. The first-order valence-corrected chi connectivity index (χ1v) is 10.7. The van der Waals surface area contributed by atoms with Crippen molar-refractivity contribution in [3.63, 3.8) is 0 Å². The standard InChI is InChI=1S/C22H16N6O3S/c29-19-12-18(27(21(31)24-19)15-7-2-1-3-8-15)23-20(30)13-32-22-26-25-17-11-10-14-6-4-5-9-16(14)28(17)22/h1-12H,13H2,(H,23,30)(H,24,29,31). The molecule has 5 rings (SSSR count). The molecule has 0 fully saturated rings. The number of anilines is 1. The quantitative estimate of drug-likeness (QED) is 0.403. The summed E-state index contributed by atoms with van der Waals surface area (Å²) in [7, 11) is 0. The van der Waals surface area contributed by atoms with E-state index in [1.54, 1.807) is 24.3 Å². The largest absolute Gasteiger partial charge is 0.334 e. The molecule has 3 heterocycles. The Hall–Kier alpha value is -4.18. The van der Waals surface area contributed by atoms with Crippen LogP contribution in [0.2, 0.25) is 0 Å². The van der Waals surface area contributed by atoms with E-state index in [0.717, 1.165) is 10.9 Å². The van der Waals surface area contributed by atoms with Crippen LogP contribution in [-0.4, -0.2) is 35.8 Å². The summed E-state index contributed by atoms with van der Waals surface area (Å²) in [6.45, 7) is 0. The normalized spacial score (nSPS) is 11.1. The van der Waals surface area contributed by atoms with E-state index in [9.17, 15) is 14.4 Å². The third-order valence-electron chi connectivity index (χ3n) is 4.80. The van der Waals surface area contributed by atoms with Gasteiger partial charge >= 0.3 is 5.69 Å². The Labute approximate surface area is 184 Å². The van der Waals surface area contributed by atoms with Crippen LogP contribution in [0, 0.1) is 0 Å². The van der Waals surface area contributed by atoms with E-state index in [-0.39, 0.29) is 17.5 Å². The van der Waals surface area contributed by atoms with E-state index < -0.39 is 11.2 Å². The first-order chi connectivity index (χ1) is 15.6. The second-order valence-corrected chi connectivity index (χ2v) is 7.84. The first kappa shape index (κ1) is 19.8. The predicted octanol–water partition coefficient (Wildman–Crippen LogP) is 2.45. The molecule has 0 atom stereocenters. The fourth-order valence-corrected chi connectivity index (χ4v) is 4.19. The van der Waals surface area contributed by atoms with Crippen molar-refractivity contribution < 1.29 is 4.79 Å². The van der Waals surface area contributed by atoms with E-state index in [4.69, 9.17) is 0 Å². The van der Waals surface area contributed by atoms with Crippen LogP contribution in [0.15, 0.2) is 87.5 Å². The minimum absolute atomic E-state index is 0.0137. The van der Waals surface area contributed by atoms with Crippen LogP contribution >= 0.6 is 11.8 Å². The molecule has 32 heavy (non-hydrogen) atoms. The molecule has 0 aliphatic carbocycles. The highest BCUT2D eigenvalue weighted by atomic mass is 32.2. The number of rotatable bonds is 5. The molecule has 0 aliphatic heterocycles. The summed E-state index contributed by atoms with van der Waals surface area (Å²) in [5.41, 5.74) is 0.901. The second-order valence-electron chi connectivity index (χ2n) is 6.90. The van der Waals surface area contributed by atoms with Crippen molar-refractivity contribution in [3.05, 3.63) is 93.6 Å². The van der Waals surface area contributed by atoms with Gasteiger partial charge in [0.25, 0.3) is 5.56 Å². The highest BCUT2D eigenvalue weighted by Gasteiger charge is 2.14. The van der Waals surface area contributed by atoms with Crippen LogP contribution in [0.3, 0.4) is 0 Å². The third kappa shape index (κ3) is 3.67. The van der Waals surface area contributed by atoms with Gasteiger partial charge in [-0.2, -0.15) is 0 Å². The second kappa shape index (κ2) is 8.16. The summed E-state index contributed by atoms with van der Waals surface area (Å²) < 4.78 is 3.13. The Bertz CT molecular complexity index is 1570. The summed E-state index contributed by atoms with van der Waals surface area (Å²) in [5.74, 6) is -0.284. The first-order valence-electron chi connectivity index (χ1n) is 9.67. The Morgan fingerprint density at radius 2 is 1.75 bits per heavy atom. The minimum Gasteiger partial charge on any atom is -0.311 e. The Morgan fingerprint density at radius 3 is 2.59 bits per heavy atom. The highest BCUT2D eigenvalue weighted by molar-refractivity contribution is 7.99. The van der Waals surface area contributed by atoms with Crippen molar-refractivity contribution in [2.45, 2.75) is 5.16 Å². The van der Waals surface area contributed by atoms with Crippen molar-refractivity contribution in [2.24, 2.45) is 0 Å². The van der Waals surface area contributed by atoms with Crippen molar-refractivity contribution in [2.75, 3.05) is 11.1 Å². The molecule has 2 N–H and O–H groups in total. The highest BCUT2D eigenvalue weighted by Crippen LogP contribution is 2.23. The lowest BCUT2D eigenvalue weighted by Gasteiger charge is -2.12. The molecule has 3 aromatic heterocycles. The predicted molar refractivity (Wildman–Crippen MR) is 123 cm³/mol. The number of hydrogen-bond acceptors (Lipinski definition) is 6. The number of fused-ring (bicyclic) bond motifs is 3. The maximum absolute atomic E-state index is 12.7. The van der Waals surface area contributed by atoms with Gasteiger partial charge in [-0.15, -0.1) is 10.2 Å². The van der Waals surface area contributed by atoms with Gasteiger partial charge in [-0.1, -0.05) is 48.2 Å². The maximum Gasteiger partial charge on any atom is 0.334 e. The van der Waals surface area contributed by atoms with Crippen LogP contribution in [0.5, 0.6) is 0 Å². The average Bonchev–Trinajstić information content (AvgIpc) is 3.21. The molecule has 1 amide bonds. The number of nitrogens with zero attached hydrogens (tertiary/aromatic N) is 4. The van der Waals surface area contributed by atoms with E-state index >= 15 is 0 Å². The zero-order valence-electron chi connectivity index (χ0n) is 16.6. The number of benzene rings is 2. The lowest BCUT2D eigenvalue weighted by atomic mass is 10.2. The zero-order chi connectivity index (χ0) is 22.1. The molecule has 158 valence electrons. The number of carbonyl (C=O) groups excluding carboxylic acids is 1. The van der Waals surface area contributed by atoms with Gasteiger partial charge in [0, 0.05) is 6.07 Å². The number of thioether (sulfide) groups is 1. The summed E-state index contributed by atoms with van der Waals surface area (Å²) in [4.78, 5) is 39.1. The molecule has 0 spiro atoms. The van der Waals surface area contributed by atoms with Gasteiger partial charge in [0.15, 0.2) is 10.8 Å². The van der Waals surface area contributed by atoms with Crippen LogP contribution < -0.4 is 16.6 Å². The number of amides is 1. The number of carbonyl (C=O) groups is 1. The number of pyridine rings is 1. The smallest absolute Gasteiger partial charge is 0.311 e. The molecule has 0 saturated carbocycles. The van der Waals surface area contributed by atoms with Crippen LogP contribution in [0.4, 0.5) is 5.82 Å². The van der Waals surface area contributed by atoms with Crippen molar-refractivity contribution in [1.29, 1.82) is 0 Å². The maximum atomic E-state index is 12.7. The Kier molecular flexibility index (Phi) is 5.04. The number of H-pyrrole nitrogens is 1. The third-order valence-corrected chi connectivity index (χ3v) is 5.73. The van der Waals surface area contributed by atoms with Crippen molar-refractivity contribution >= 4 is 40.0 Å². The van der Waals surface area contributed by atoms with Gasteiger partial charge in [0.1, 0.15) is 5.82 Å². The van der Waals surface area contributed by atoms with E-state index in [1.807, 2.05) is 46.9 Å². The molecule has 0 saturated heterocycles. The summed E-state index contributed by atoms with van der Waals surface area (Å²) in [6, 6.07) is 21.6. The molecule has 5 aromatic rings. The summed E-state index contributed by atoms with van der Waals surface area (Å²) in [5, 5.41) is 12.6. The van der Waals surface area contributed by atoms with E-state index in [2.05, 4.69) is 20.5 Å². The van der Waals surface area contributed by atoms with Crippen LogP contribution in [0.25, 0.3) is 22.2 Å². The number of para-hydroxylation sites is 2. The molecule has 0 radical (unpaired) electrons. The van der Waals surface area contributed by atoms with Gasteiger partial charge in [-0.25, -0.2) is 9.36 Å². The molecule has 0 aliphatic rings. The number of aromatic nitrogens is 5. The fourth-order valence-electron chi connectivity index (χ4n) is 3.44. The summed E-state index contributed by atoms with van der Waals surface area (Å²) in [6.07, 6.45) is 0. The molecular weight excluding hydrogens is 428 g/mol. The zero-order valence-corrected chi connectivity index (χ0v) is 17.4. The molecule has 9 nitrogen and oxygen atoms in total. The Morgan fingerprint density at radius 1 is 0.969 bits per heavy atom. The number of nitrogens with one attached hydrogen (secondary N) is 2. The van der Waals surface area contributed by atoms with Gasteiger partial charge in [-0.05, 0) is 35.7 Å². The summed E-state index contributed by atoms with van der Waals surface area (Å²) >= 11 is 1.21. The van der Waals surface area contributed by atoms with Crippen molar-refractivity contribution in [1.82, 2.24) is 24.1 Å². The molecular formula is C22H16N6O3S. The SMILES string of the molecule is O=C(CSc1nnc2ccc3ccccc3n12)Nc1cc(=O)[nH]c(=O)n1-c1ccccc1. The van der Waals surface area contributed by atoms with E-state index in [1.165, 1.54) is 22.4 Å². The molecule has 0 unspecified atom stereocenters. The van der Waals surface area contributed by atoms with Gasteiger partial charge in [0.2, 0.25) is 5.91 Å². The molecule has 10 heteroatoms. The lowest BCUT2D eigenvalue weighted by Crippen LogP contribution is -2.32. The topological polar surface area (TPSA) is 114 Å². The average molecular weight is 444 g/mol. The van der Waals surface area contributed by atoms with Crippen LogP contribution in [-0.2, 0) is 4.79 Å². The monoisotopic (exact) mass is 444 g/mol. The van der Waals surface area contributed by atoms with Crippen LogP contribution in [0.1, 0.15) is 0 Å². The molecule has 0 bridgehead atoms.